The van der Waals surface area contributed by atoms with Gasteiger partial charge in [-0.25, -0.2) is 9.59 Å². The van der Waals surface area contributed by atoms with Crippen molar-refractivity contribution in [3.63, 3.8) is 0 Å². The number of carbonyl (C=O) groups is 2. The molecule has 6 heteroatoms. The van der Waals surface area contributed by atoms with Crippen LogP contribution in [0, 0.1) is 5.92 Å². The Balaban J connectivity index is 2.56. The van der Waals surface area contributed by atoms with Crippen LogP contribution in [0.5, 0.6) is 0 Å². The molecule has 0 aromatic heterocycles. The molecular formula is C12H22N2O4. The van der Waals surface area contributed by atoms with Gasteiger partial charge in [-0.3, -0.25) is 0 Å². The van der Waals surface area contributed by atoms with Crippen LogP contribution in [-0.2, 0) is 9.53 Å². The zero-order chi connectivity index (χ0) is 13.5. The summed E-state index contributed by atoms with van der Waals surface area (Å²) in [7, 11) is 0. The van der Waals surface area contributed by atoms with Gasteiger partial charge >= 0.3 is 12.0 Å². The van der Waals surface area contributed by atoms with E-state index in [1.807, 2.05) is 13.8 Å². The number of nitrogens with one attached hydrogen (secondary N) is 1. The van der Waals surface area contributed by atoms with Gasteiger partial charge in [-0.2, -0.15) is 0 Å². The zero-order valence-electron chi connectivity index (χ0n) is 11.0. The summed E-state index contributed by atoms with van der Waals surface area (Å²) in [6, 6.07) is -1.14. The molecule has 1 aliphatic rings. The van der Waals surface area contributed by atoms with Crippen LogP contribution in [0.15, 0.2) is 0 Å². The van der Waals surface area contributed by atoms with Crippen LogP contribution in [0.3, 0.4) is 0 Å². The van der Waals surface area contributed by atoms with Crippen molar-refractivity contribution in [3.8, 4) is 0 Å². The lowest BCUT2D eigenvalue weighted by Crippen LogP contribution is -2.51. The molecule has 0 saturated carbocycles. The minimum absolute atomic E-state index is 0.0883. The number of nitrogens with zero attached hydrogens (tertiary/aromatic N) is 1. The van der Waals surface area contributed by atoms with Crippen molar-refractivity contribution in [2.75, 3.05) is 26.3 Å². The maximum absolute atomic E-state index is 12.0. The summed E-state index contributed by atoms with van der Waals surface area (Å²) in [6.45, 7) is 6.01. The lowest BCUT2D eigenvalue weighted by molar-refractivity contribution is -0.140. The lowest BCUT2D eigenvalue weighted by Gasteiger charge is -2.25. The van der Waals surface area contributed by atoms with Gasteiger partial charge in [0.15, 0.2) is 0 Å². The number of urea groups is 1. The van der Waals surface area contributed by atoms with Gasteiger partial charge in [-0.05, 0) is 12.3 Å². The molecule has 6 nitrogen and oxygen atoms in total. The molecule has 0 spiro atoms. The van der Waals surface area contributed by atoms with Crippen LogP contribution in [0.25, 0.3) is 0 Å². The number of carboxylic acid groups (broad SMARTS) is 1. The van der Waals surface area contributed by atoms with Gasteiger partial charge in [-0.15, -0.1) is 0 Å². The Kier molecular flexibility index (Phi) is 5.91. The summed E-state index contributed by atoms with van der Waals surface area (Å²) in [5.41, 5.74) is 0. The zero-order valence-corrected chi connectivity index (χ0v) is 11.0. The topological polar surface area (TPSA) is 78.9 Å². The first-order chi connectivity index (χ1) is 8.56. The standard InChI is InChI=1S/C12H22N2O4/c1-3-9(2)10(11(15)16)13-12(17)14-5-4-7-18-8-6-14/h9-10H,3-8H2,1-2H3,(H,13,17)(H,15,16)/t9-,10-/m0/s1. The van der Waals surface area contributed by atoms with E-state index in [9.17, 15) is 9.59 Å². The summed E-state index contributed by atoms with van der Waals surface area (Å²) in [5, 5.41) is 11.7. The number of ether oxygens (including phenoxy) is 1. The van der Waals surface area contributed by atoms with Gasteiger partial charge in [-0.1, -0.05) is 20.3 Å². The van der Waals surface area contributed by atoms with Gasteiger partial charge < -0.3 is 20.1 Å². The van der Waals surface area contributed by atoms with E-state index in [1.54, 1.807) is 4.90 Å². The summed E-state index contributed by atoms with van der Waals surface area (Å²) >= 11 is 0. The monoisotopic (exact) mass is 258 g/mol. The Bertz CT molecular complexity index is 288. The number of hydrogen-bond donors (Lipinski definition) is 2. The Morgan fingerprint density at radius 3 is 2.72 bits per heavy atom. The molecule has 104 valence electrons. The number of aliphatic carboxylic acids is 1. The van der Waals surface area contributed by atoms with Crippen LogP contribution in [0.4, 0.5) is 4.79 Å². The van der Waals surface area contributed by atoms with Crippen molar-refractivity contribution in [2.24, 2.45) is 5.92 Å². The Morgan fingerprint density at radius 2 is 2.11 bits per heavy atom. The molecule has 0 unspecified atom stereocenters. The highest BCUT2D eigenvalue weighted by Crippen LogP contribution is 2.09. The third kappa shape index (κ3) is 4.18. The first-order valence-electron chi connectivity index (χ1n) is 6.42. The quantitative estimate of drug-likeness (QED) is 0.786. The highest BCUT2D eigenvalue weighted by Gasteiger charge is 2.27. The van der Waals surface area contributed by atoms with E-state index in [1.165, 1.54) is 0 Å². The number of carboxylic acids is 1. The Morgan fingerprint density at radius 1 is 1.39 bits per heavy atom. The fourth-order valence-electron chi connectivity index (χ4n) is 1.86. The second kappa shape index (κ2) is 7.20. The van der Waals surface area contributed by atoms with Crippen molar-refractivity contribution >= 4 is 12.0 Å². The van der Waals surface area contributed by atoms with Crippen LogP contribution < -0.4 is 5.32 Å². The minimum Gasteiger partial charge on any atom is -0.480 e. The molecule has 0 aromatic rings. The molecule has 0 bridgehead atoms. The van der Waals surface area contributed by atoms with Gasteiger partial charge in [0.1, 0.15) is 6.04 Å². The summed E-state index contributed by atoms with van der Waals surface area (Å²) in [4.78, 5) is 24.7. The lowest BCUT2D eigenvalue weighted by atomic mass is 9.99. The second-order valence-electron chi connectivity index (χ2n) is 4.60. The third-order valence-corrected chi connectivity index (χ3v) is 3.27. The molecule has 1 fully saturated rings. The van der Waals surface area contributed by atoms with E-state index in [0.717, 1.165) is 6.42 Å². The maximum atomic E-state index is 12.0. The van der Waals surface area contributed by atoms with Crippen LogP contribution in [-0.4, -0.2) is 54.4 Å². The van der Waals surface area contributed by atoms with E-state index in [4.69, 9.17) is 9.84 Å². The third-order valence-electron chi connectivity index (χ3n) is 3.27. The largest absolute Gasteiger partial charge is 0.480 e. The van der Waals surface area contributed by atoms with E-state index < -0.39 is 12.0 Å². The Hall–Kier alpha value is -1.30. The van der Waals surface area contributed by atoms with Crippen molar-refractivity contribution in [1.29, 1.82) is 0 Å². The molecule has 0 radical (unpaired) electrons. The molecule has 18 heavy (non-hydrogen) atoms. The predicted molar refractivity (Wildman–Crippen MR) is 66.4 cm³/mol. The van der Waals surface area contributed by atoms with E-state index in [0.29, 0.717) is 32.7 Å². The summed E-state index contributed by atoms with van der Waals surface area (Å²) < 4.78 is 5.26. The molecule has 1 rings (SSSR count). The number of rotatable bonds is 4. The minimum atomic E-state index is -0.983. The van der Waals surface area contributed by atoms with Crippen LogP contribution >= 0.6 is 0 Å². The van der Waals surface area contributed by atoms with Gasteiger partial charge in [0.05, 0.1) is 6.61 Å². The van der Waals surface area contributed by atoms with E-state index in [-0.39, 0.29) is 11.9 Å². The highest BCUT2D eigenvalue weighted by molar-refractivity contribution is 5.82. The SMILES string of the molecule is CC[C@H](C)[C@H](NC(=O)N1CCCOCC1)C(=O)O. The smallest absolute Gasteiger partial charge is 0.326 e. The molecule has 0 aromatic carbocycles. The van der Waals surface area contributed by atoms with Crippen LogP contribution in [0.2, 0.25) is 0 Å². The van der Waals surface area contributed by atoms with E-state index >= 15 is 0 Å². The molecule has 1 aliphatic heterocycles. The average Bonchev–Trinajstić information content (AvgIpc) is 2.63. The molecular weight excluding hydrogens is 236 g/mol. The molecule has 2 atom stereocenters. The fourth-order valence-corrected chi connectivity index (χ4v) is 1.86. The van der Waals surface area contributed by atoms with Crippen molar-refractivity contribution in [2.45, 2.75) is 32.7 Å². The first kappa shape index (κ1) is 14.8. The molecule has 2 amide bonds. The first-order valence-corrected chi connectivity index (χ1v) is 6.42. The second-order valence-corrected chi connectivity index (χ2v) is 4.60. The highest BCUT2D eigenvalue weighted by atomic mass is 16.5. The van der Waals surface area contributed by atoms with Gasteiger partial charge in [0.2, 0.25) is 0 Å². The summed E-state index contributed by atoms with van der Waals surface area (Å²) in [5.74, 6) is -1.07. The Labute approximate surface area is 107 Å². The van der Waals surface area contributed by atoms with Gasteiger partial charge in [0.25, 0.3) is 0 Å². The molecule has 1 heterocycles. The van der Waals surface area contributed by atoms with Crippen molar-refractivity contribution < 1.29 is 19.4 Å². The molecule has 1 saturated heterocycles. The van der Waals surface area contributed by atoms with Crippen LogP contribution in [0.1, 0.15) is 26.7 Å². The van der Waals surface area contributed by atoms with Crippen molar-refractivity contribution in [1.82, 2.24) is 10.2 Å². The average molecular weight is 258 g/mol. The molecule has 2 N–H and O–H groups in total. The number of amides is 2. The van der Waals surface area contributed by atoms with Crippen molar-refractivity contribution in [3.05, 3.63) is 0 Å². The maximum Gasteiger partial charge on any atom is 0.326 e. The van der Waals surface area contributed by atoms with E-state index in [2.05, 4.69) is 5.32 Å². The predicted octanol–water partition coefficient (Wildman–Crippen LogP) is 0.918. The number of hydrogen-bond acceptors (Lipinski definition) is 3. The fraction of sp³-hybridized carbons (Fsp3) is 0.833. The molecule has 0 aliphatic carbocycles. The normalized spacial score (nSPS) is 19.8. The summed E-state index contributed by atoms with van der Waals surface area (Å²) in [6.07, 6.45) is 1.49. The van der Waals surface area contributed by atoms with Gasteiger partial charge in [0, 0.05) is 19.7 Å². The number of carbonyl (C=O) groups excluding carboxylic acids is 1.